The van der Waals surface area contributed by atoms with Gasteiger partial charge >= 0.3 is 0 Å². The van der Waals surface area contributed by atoms with Gasteiger partial charge in [-0.15, -0.1) is 5.10 Å². The van der Waals surface area contributed by atoms with Crippen LogP contribution in [-0.4, -0.2) is 57.9 Å². The molecule has 0 N–H and O–H groups in total. The third-order valence-corrected chi connectivity index (χ3v) is 4.49. The minimum atomic E-state index is -0.534. The molecule has 7 nitrogen and oxygen atoms in total. The van der Waals surface area contributed by atoms with Crippen molar-refractivity contribution in [1.82, 2.24) is 19.9 Å². The van der Waals surface area contributed by atoms with Gasteiger partial charge in [0.15, 0.2) is 11.5 Å². The number of benzene rings is 1. The monoisotopic (exact) mass is 328 g/mol. The van der Waals surface area contributed by atoms with Crippen LogP contribution in [0.25, 0.3) is 5.69 Å². The van der Waals surface area contributed by atoms with E-state index in [0.717, 1.165) is 5.69 Å². The molecule has 126 valence electrons. The van der Waals surface area contributed by atoms with Crippen molar-refractivity contribution in [3.8, 4) is 5.69 Å². The molecule has 2 saturated heterocycles. The van der Waals surface area contributed by atoms with Gasteiger partial charge in [-0.05, 0) is 26.0 Å². The van der Waals surface area contributed by atoms with E-state index in [9.17, 15) is 4.79 Å². The van der Waals surface area contributed by atoms with E-state index >= 15 is 0 Å². The van der Waals surface area contributed by atoms with Gasteiger partial charge in [0, 0.05) is 13.1 Å². The molecule has 1 aromatic heterocycles. The third-order valence-electron chi connectivity index (χ3n) is 4.49. The zero-order valence-corrected chi connectivity index (χ0v) is 13.8. The maximum absolute atomic E-state index is 12.6. The maximum atomic E-state index is 12.6. The number of para-hydroxylation sites is 1. The number of likely N-dealkylation sites (tertiary alicyclic amines) is 1. The molecular weight excluding hydrogens is 308 g/mol. The molecule has 24 heavy (non-hydrogen) atoms. The third kappa shape index (κ3) is 2.70. The Labute approximate surface area is 140 Å². The van der Waals surface area contributed by atoms with Crippen LogP contribution >= 0.6 is 0 Å². The van der Waals surface area contributed by atoms with Gasteiger partial charge in [0.25, 0.3) is 5.91 Å². The zero-order valence-electron chi connectivity index (χ0n) is 13.8. The Morgan fingerprint density at radius 2 is 1.79 bits per heavy atom. The van der Waals surface area contributed by atoms with E-state index in [1.807, 2.05) is 44.2 Å². The van der Waals surface area contributed by atoms with Gasteiger partial charge in [0.2, 0.25) is 0 Å². The van der Waals surface area contributed by atoms with Gasteiger partial charge in [-0.25, -0.2) is 0 Å². The largest absolute Gasteiger partial charge is 0.350 e. The minimum Gasteiger partial charge on any atom is -0.350 e. The molecule has 0 unspecified atom stereocenters. The fourth-order valence-electron chi connectivity index (χ4n) is 3.04. The van der Waals surface area contributed by atoms with Crippen molar-refractivity contribution in [3.63, 3.8) is 0 Å². The van der Waals surface area contributed by atoms with Gasteiger partial charge in [-0.3, -0.25) is 4.79 Å². The van der Waals surface area contributed by atoms with Crippen molar-refractivity contribution in [2.24, 2.45) is 5.41 Å². The first kappa shape index (κ1) is 15.3. The highest BCUT2D eigenvalue weighted by molar-refractivity contribution is 5.92. The predicted octanol–water partition coefficient (Wildman–Crippen LogP) is 1.49. The van der Waals surface area contributed by atoms with E-state index in [1.165, 1.54) is 11.0 Å². The number of carbonyl (C=O) groups excluding carboxylic acids is 1. The van der Waals surface area contributed by atoms with Crippen LogP contribution in [0, 0.1) is 5.41 Å². The summed E-state index contributed by atoms with van der Waals surface area (Å²) >= 11 is 0. The van der Waals surface area contributed by atoms with Crippen molar-refractivity contribution < 1.29 is 14.3 Å². The maximum Gasteiger partial charge on any atom is 0.276 e. The molecule has 1 aromatic carbocycles. The van der Waals surface area contributed by atoms with Crippen LogP contribution in [0.5, 0.6) is 0 Å². The summed E-state index contributed by atoms with van der Waals surface area (Å²) in [5.74, 6) is -0.638. The minimum absolute atomic E-state index is 0.0827. The lowest BCUT2D eigenvalue weighted by Gasteiger charge is -2.53. The number of rotatable bonds is 2. The number of amides is 1. The van der Waals surface area contributed by atoms with Gasteiger partial charge in [0.05, 0.1) is 30.5 Å². The molecule has 2 fully saturated rings. The number of hydrogen-bond acceptors (Lipinski definition) is 5. The average molecular weight is 328 g/mol. The van der Waals surface area contributed by atoms with E-state index in [0.29, 0.717) is 32.0 Å². The lowest BCUT2D eigenvalue weighted by molar-refractivity contribution is -0.301. The lowest BCUT2D eigenvalue weighted by atomic mass is 9.80. The van der Waals surface area contributed by atoms with Crippen LogP contribution in [0.15, 0.2) is 36.5 Å². The standard InChI is InChI=1S/C17H20N4O3/c1-16(2)23-11-17(12-24-16)9-20(10-17)15(22)14-8-18-21(19-14)13-6-4-3-5-7-13/h3-8H,9-12H2,1-2H3. The van der Waals surface area contributed by atoms with Gasteiger partial charge in [0.1, 0.15) is 0 Å². The molecule has 2 aliphatic heterocycles. The van der Waals surface area contributed by atoms with E-state index in [4.69, 9.17) is 9.47 Å². The highest BCUT2D eigenvalue weighted by Gasteiger charge is 2.50. The second-order valence-corrected chi connectivity index (χ2v) is 6.99. The number of carbonyl (C=O) groups is 1. The summed E-state index contributed by atoms with van der Waals surface area (Å²) in [6, 6.07) is 9.53. The summed E-state index contributed by atoms with van der Waals surface area (Å²) in [7, 11) is 0. The van der Waals surface area contributed by atoms with Crippen LogP contribution in [-0.2, 0) is 9.47 Å². The van der Waals surface area contributed by atoms with E-state index in [2.05, 4.69) is 10.2 Å². The van der Waals surface area contributed by atoms with Gasteiger partial charge < -0.3 is 14.4 Å². The van der Waals surface area contributed by atoms with Crippen LogP contribution in [0.1, 0.15) is 24.3 Å². The van der Waals surface area contributed by atoms with Gasteiger partial charge in [-0.2, -0.15) is 9.90 Å². The van der Waals surface area contributed by atoms with Crippen LogP contribution < -0.4 is 0 Å². The Hall–Kier alpha value is -2.25. The number of ether oxygens (including phenoxy) is 2. The van der Waals surface area contributed by atoms with Crippen molar-refractivity contribution in [1.29, 1.82) is 0 Å². The van der Waals surface area contributed by atoms with Gasteiger partial charge in [-0.1, -0.05) is 18.2 Å². The molecule has 2 aliphatic rings. The van der Waals surface area contributed by atoms with E-state index in [-0.39, 0.29) is 11.3 Å². The quantitative estimate of drug-likeness (QED) is 0.835. The molecule has 0 aliphatic carbocycles. The molecule has 4 rings (SSSR count). The Morgan fingerprint density at radius 1 is 1.12 bits per heavy atom. The smallest absolute Gasteiger partial charge is 0.276 e. The summed E-state index contributed by atoms with van der Waals surface area (Å²) < 4.78 is 11.5. The first-order valence-corrected chi connectivity index (χ1v) is 8.01. The second kappa shape index (κ2) is 5.39. The molecule has 3 heterocycles. The van der Waals surface area contributed by atoms with Crippen molar-refractivity contribution in [2.45, 2.75) is 19.6 Å². The highest BCUT2D eigenvalue weighted by atomic mass is 16.7. The van der Waals surface area contributed by atoms with Crippen molar-refractivity contribution >= 4 is 5.91 Å². The Kier molecular flexibility index (Phi) is 3.43. The number of aromatic nitrogens is 3. The van der Waals surface area contributed by atoms with Crippen LogP contribution in [0.3, 0.4) is 0 Å². The number of hydrogen-bond donors (Lipinski definition) is 0. The Balaban J connectivity index is 1.41. The number of nitrogens with zero attached hydrogens (tertiary/aromatic N) is 4. The summed E-state index contributed by atoms with van der Waals surface area (Å²) in [5.41, 5.74) is 1.10. The van der Waals surface area contributed by atoms with E-state index in [1.54, 1.807) is 4.90 Å². The molecular formula is C17H20N4O3. The Morgan fingerprint density at radius 3 is 2.46 bits per heavy atom. The van der Waals surface area contributed by atoms with Crippen LogP contribution in [0.2, 0.25) is 0 Å². The Bertz CT molecular complexity index is 738. The summed E-state index contributed by atoms with van der Waals surface area (Å²) in [6.07, 6.45) is 1.51. The first-order chi connectivity index (χ1) is 11.5. The van der Waals surface area contributed by atoms with Crippen molar-refractivity contribution in [3.05, 3.63) is 42.2 Å². The summed E-state index contributed by atoms with van der Waals surface area (Å²) in [6.45, 7) is 6.29. The zero-order chi connectivity index (χ0) is 16.8. The fourth-order valence-corrected chi connectivity index (χ4v) is 3.04. The SMILES string of the molecule is CC1(C)OCC2(CO1)CN(C(=O)c1cnn(-c3ccccc3)n1)C2. The van der Waals surface area contributed by atoms with E-state index < -0.39 is 5.79 Å². The summed E-state index contributed by atoms with van der Waals surface area (Å²) in [4.78, 5) is 15.8. The summed E-state index contributed by atoms with van der Waals surface area (Å²) in [5, 5.41) is 8.47. The molecule has 0 bridgehead atoms. The first-order valence-electron chi connectivity index (χ1n) is 8.01. The molecule has 0 atom stereocenters. The second-order valence-electron chi connectivity index (χ2n) is 6.99. The molecule has 0 saturated carbocycles. The normalized spacial score (nSPS) is 21.5. The fraction of sp³-hybridized carbons (Fsp3) is 0.471. The molecule has 1 spiro atoms. The molecule has 1 amide bonds. The topological polar surface area (TPSA) is 69.5 Å². The van der Waals surface area contributed by atoms with Crippen molar-refractivity contribution in [2.75, 3.05) is 26.3 Å². The van der Waals surface area contributed by atoms with Crippen LogP contribution in [0.4, 0.5) is 0 Å². The lowest BCUT2D eigenvalue weighted by Crippen LogP contribution is -2.65. The predicted molar refractivity (Wildman–Crippen MR) is 85.7 cm³/mol. The molecule has 7 heteroatoms. The molecule has 0 radical (unpaired) electrons. The highest BCUT2D eigenvalue weighted by Crippen LogP contribution is 2.38. The average Bonchev–Trinajstić information content (AvgIpc) is 3.03. The molecule has 2 aromatic rings.